The number of piperidine rings is 1. The summed E-state index contributed by atoms with van der Waals surface area (Å²) in [6, 6.07) is 6.32. The van der Waals surface area contributed by atoms with E-state index in [4.69, 9.17) is 0 Å². The van der Waals surface area contributed by atoms with Crippen LogP contribution in [0.2, 0.25) is 0 Å². The van der Waals surface area contributed by atoms with E-state index in [0.717, 1.165) is 55.4 Å². The van der Waals surface area contributed by atoms with Crippen molar-refractivity contribution in [2.75, 3.05) is 25.9 Å². The predicted octanol–water partition coefficient (Wildman–Crippen LogP) is 2.88. The quantitative estimate of drug-likeness (QED) is 0.665. The maximum atomic E-state index is 13.6. The average molecular weight is 513 g/mol. The van der Waals surface area contributed by atoms with Crippen molar-refractivity contribution in [2.45, 2.75) is 76.4 Å². The van der Waals surface area contributed by atoms with Crippen molar-refractivity contribution in [2.24, 2.45) is 5.92 Å². The molecule has 2 aliphatic carbocycles. The van der Waals surface area contributed by atoms with Gasteiger partial charge in [0.25, 0.3) is 5.91 Å². The molecule has 9 heteroatoms. The minimum Gasteiger partial charge on any atom is -0.353 e. The first-order valence-electron chi connectivity index (χ1n) is 13.5. The Bertz CT molecular complexity index is 1310. The number of carbonyl (C=O) groups excluding carboxylic acids is 2. The number of fused-ring (bicyclic) bond motifs is 3. The van der Waals surface area contributed by atoms with E-state index in [1.165, 1.54) is 35.9 Å². The molecular weight excluding hydrogens is 476 g/mol. The van der Waals surface area contributed by atoms with Gasteiger partial charge in [-0.2, -0.15) is 0 Å². The summed E-state index contributed by atoms with van der Waals surface area (Å²) in [5, 5.41) is 3.95. The number of benzene rings is 1. The Kier molecular flexibility index (Phi) is 6.11. The van der Waals surface area contributed by atoms with Gasteiger partial charge in [-0.15, -0.1) is 0 Å². The smallest absolute Gasteiger partial charge is 0.253 e. The lowest BCUT2D eigenvalue weighted by Gasteiger charge is -2.33. The molecule has 3 fully saturated rings. The fourth-order valence-corrected chi connectivity index (χ4v) is 7.65. The van der Waals surface area contributed by atoms with Gasteiger partial charge in [0.2, 0.25) is 15.9 Å². The molecule has 1 saturated heterocycles. The van der Waals surface area contributed by atoms with Gasteiger partial charge >= 0.3 is 0 Å². The number of amides is 2. The van der Waals surface area contributed by atoms with Crippen molar-refractivity contribution in [3.05, 3.63) is 35.0 Å². The number of hydrogen-bond donors (Lipinski definition) is 1. The summed E-state index contributed by atoms with van der Waals surface area (Å²) in [4.78, 5) is 30.5. The molecule has 0 spiro atoms. The van der Waals surface area contributed by atoms with E-state index in [9.17, 15) is 18.0 Å². The third-order valence-corrected chi connectivity index (χ3v) is 9.63. The molecule has 2 aromatic rings. The molecule has 194 valence electrons. The fourth-order valence-electron chi connectivity index (χ4n) is 6.54. The Morgan fingerprint density at radius 3 is 2.50 bits per heavy atom. The SMILES string of the molecule is CS(=O)(=O)n1c2c(c3cc(C(=O)N4CCC[C@@H](C(=O)NC5CC5)C4)ccc31)CN(C1CCCC1)CC2. The number of rotatable bonds is 5. The van der Waals surface area contributed by atoms with Crippen LogP contribution in [0.4, 0.5) is 0 Å². The lowest BCUT2D eigenvalue weighted by atomic mass is 9.96. The Labute approximate surface area is 213 Å². The molecule has 6 rings (SSSR count). The maximum Gasteiger partial charge on any atom is 0.253 e. The first-order valence-corrected chi connectivity index (χ1v) is 15.3. The van der Waals surface area contributed by atoms with Crippen molar-refractivity contribution in [3.63, 3.8) is 0 Å². The monoisotopic (exact) mass is 512 g/mol. The number of carbonyl (C=O) groups is 2. The van der Waals surface area contributed by atoms with Gasteiger partial charge < -0.3 is 10.2 Å². The lowest BCUT2D eigenvalue weighted by molar-refractivity contribution is -0.126. The lowest BCUT2D eigenvalue weighted by Crippen LogP contribution is -2.45. The molecule has 8 nitrogen and oxygen atoms in total. The highest BCUT2D eigenvalue weighted by molar-refractivity contribution is 7.89. The van der Waals surface area contributed by atoms with Gasteiger partial charge in [-0.1, -0.05) is 12.8 Å². The van der Waals surface area contributed by atoms with Crippen molar-refractivity contribution < 1.29 is 18.0 Å². The van der Waals surface area contributed by atoms with E-state index in [0.29, 0.717) is 42.7 Å². The van der Waals surface area contributed by atoms with Crippen LogP contribution < -0.4 is 5.32 Å². The van der Waals surface area contributed by atoms with E-state index >= 15 is 0 Å². The van der Waals surface area contributed by atoms with Crippen LogP contribution in [0.25, 0.3) is 10.9 Å². The minimum absolute atomic E-state index is 0.0664. The van der Waals surface area contributed by atoms with E-state index in [1.54, 1.807) is 17.0 Å². The van der Waals surface area contributed by atoms with E-state index in [-0.39, 0.29) is 17.7 Å². The van der Waals surface area contributed by atoms with Crippen molar-refractivity contribution in [3.8, 4) is 0 Å². The molecule has 4 aliphatic rings. The summed E-state index contributed by atoms with van der Waals surface area (Å²) >= 11 is 0. The van der Waals surface area contributed by atoms with Gasteiger partial charge in [-0.25, -0.2) is 12.4 Å². The largest absolute Gasteiger partial charge is 0.353 e. The second-order valence-corrected chi connectivity index (χ2v) is 13.0. The van der Waals surface area contributed by atoms with Crippen LogP contribution >= 0.6 is 0 Å². The third-order valence-electron chi connectivity index (χ3n) is 8.55. The van der Waals surface area contributed by atoms with Crippen molar-refractivity contribution in [1.29, 1.82) is 0 Å². The standard InChI is InChI=1S/C27H36N4O4S/c1-36(34,35)31-24-11-8-18(27(33)30-13-4-5-19(16-30)26(32)28-20-9-10-20)15-22(24)23-17-29(14-12-25(23)31)21-6-2-3-7-21/h8,11,15,19-21H,2-7,9-10,12-14,16-17H2,1H3,(H,28,32)/t19-/m1/s1. The molecule has 1 aromatic carbocycles. The molecule has 36 heavy (non-hydrogen) atoms. The predicted molar refractivity (Wildman–Crippen MR) is 138 cm³/mol. The zero-order valence-electron chi connectivity index (χ0n) is 21.0. The number of nitrogens with zero attached hydrogens (tertiary/aromatic N) is 3. The number of aromatic nitrogens is 1. The molecule has 0 bridgehead atoms. The highest BCUT2D eigenvalue weighted by Crippen LogP contribution is 2.36. The zero-order valence-corrected chi connectivity index (χ0v) is 21.9. The first-order chi connectivity index (χ1) is 17.3. The van der Waals surface area contributed by atoms with E-state index in [1.807, 2.05) is 6.07 Å². The number of hydrogen-bond acceptors (Lipinski definition) is 5. The first kappa shape index (κ1) is 24.0. The van der Waals surface area contributed by atoms with Gasteiger partial charge in [0.05, 0.1) is 17.7 Å². The Morgan fingerprint density at radius 2 is 1.78 bits per heavy atom. The summed E-state index contributed by atoms with van der Waals surface area (Å²) < 4.78 is 27.1. The van der Waals surface area contributed by atoms with Gasteiger partial charge in [-0.05, 0) is 62.3 Å². The van der Waals surface area contributed by atoms with Crippen LogP contribution in [-0.2, 0) is 27.8 Å². The van der Waals surface area contributed by atoms with Gasteiger partial charge in [-0.3, -0.25) is 14.5 Å². The Morgan fingerprint density at radius 1 is 1.00 bits per heavy atom. The van der Waals surface area contributed by atoms with Crippen LogP contribution in [-0.4, -0.2) is 72.0 Å². The number of likely N-dealkylation sites (tertiary alicyclic amines) is 1. The third kappa shape index (κ3) is 4.45. The molecule has 1 aromatic heterocycles. The molecule has 2 saturated carbocycles. The normalized spacial score (nSPS) is 23.7. The second-order valence-electron chi connectivity index (χ2n) is 11.2. The van der Waals surface area contributed by atoms with Crippen molar-refractivity contribution >= 4 is 32.7 Å². The average Bonchev–Trinajstić information content (AvgIpc) is 3.38. The molecule has 2 amide bonds. The second kappa shape index (κ2) is 9.17. The fraction of sp³-hybridized carbons (Fsp3) is 0.630. The topological polar surface area (TPSA) is 91.7 Å². The summed E-state index contributed by atoms with van der Waals surface area (Å²) in [5.74, 6) is -0.173. The van der Waals surface area contributed by atoms with E-state index in [2.05, 4.69) is 10.2 Å². The zero-order chi connectivity index (χ0) is 25.0. The molecule has 1 atom stereocenters. The van der Waals surface area contributed by atoms with Gasteiger partial charge in [0.1, 0.15) is 0 Å². The summed E-state index contributed by atoms with van der Waals surface area (Å²) in [5.41, 5.74) is 3.13. The van der Waals surface area contributed by atoms with Crippen LogP contribution in [0.5, 0.6) is 0 Å². The summed E-state index contributed by atoms with van der Waals surface area (Å²) in [6.45, 7) is 2.67. The molecule has 2 aliphatic heterocycles. The van der Waals surface area contributed by atoms with Crippen LogP contribution in [0.1, 0.15) is 73.0 Å². The summed E-state index contributed by atoms with van der Waals surface area (Å²) in [6.07, 6.45) is 10.6. The van der Waals surface area contributed by atoms with Crippen LogP contribution in [0, 0.1) is 5.92 Å². The maximum absolute atomic E-state index is 13.6. The molecule has 3 heterocycles. The summed E-state index contributed by atoms with van der Waals surface area (Å²) in [7, 11) is -3.48. The van der Waals surface area contributed by atoms with Gasteiger partial charge in [0, 0.05) is 61.3 Å². The highest BCUT2D eigenvalue weighted by Gasteiger charge is 2.34. The molecule has 1 N–H and O–H groups in total. The minimum atomic E-state index is -3.48. The highest BCUT2D eigenvalue weighted by atomic mass is 32.2. The molecule has 0 radical (unpaired) electrons. The van der Waals surface area contributed by atoms with E-state index < -0.39 is 10.0 Å². The van der Waals surface area contributed by atoms with Gasteiger partial charge in [0.15, 0.2) is 0 Å². The van der Waals surface area contributed by atoms with Crippen molar-refractivity contribution in [1.82, 2.24) is 19.1 Å². The number of nitrogens with one attached hydrogen (secondary N) is 1. The molecule has 0 unspecified atom stereocenters. The van der Waals surface area contributed by atoms with Crippen LogP contribution in [0.15, 0.2) is 18.2 Å². The molecular formula is C27H36N4O4S. The Balaban J connectivity index is 1.31. The van der Waals surface area contributed by atoms with Crippen LogP contribution in [0.3, 0.4) is 0 Å². The Hall–Kier alpha value is -2.39.